The number of carbonyl (C=O) groups is 2. The van der Waals surface area contributed by atoms with Gasteiger partial charge in [0, 0.05) is 10.7 Å². The molecule has 0 unspecified atom stereocenters. The summed E-state index contributed by atoms with van der Waals surface area (Å²) < 4.78 is 0. The number of amides is 2. The first-order valence-corrected chi connectivity index (χ1v) is 8.17. The lowest BCUT2D eigenvalue weighted by atomic mass is 9.90. The van der Waals surface area contributed by atoms with Crippen LogP contribution in [0.1, 0.15) is 13.8 Å². The van der Waals surface area contributed by atoms with E-state index in [4.69, 9.17) is 34.8 Å². The number of hydrogen-bond acceptors (Lipinski definition) is 2. The Kier molecular flexibility index (Phi) is 5.75. The molecule has 0 bridgehead atoms. The van der Waals surface area contributed by atoms with Crippen molar-refractivity contribution in [1.82, 2.24) is 0 Å². The van der Waals surface area contributed by atoms with E-state index in [2.05, 4.69) is 10.6 Å². The highest BCUT2D eigenvalue weighted by Crippen LogP contribution is 2.31. The molecular weight excluding hydrogens is 371 g/mol. The van der Waals surface area contributed by atoms with Crippen LogP contribution in [0, 0.1) is 5.41 Å². The Balaban J connectivity index is 2.12. The van der Waals surface area contributed by atoms with Crippen molar-refractivity contribution < 1.29 is 9.59 Å². The Morgan fingerprint density at radius 3 is 2.08 bits per heavy atom. The molecule has 2 N–H and O–H groups in total. The van der Waals surface area contributed by atoms with Crippen molar-refractivity contribution in [1.29, 1.82) is 0 Å². The summed E-state index contributed by atoms with van der Waals surface area (Å²) in [7, 11) is 0. The average molecular weight is 386 g/mol. The fourth-order valence-electron chi connectivity index (χ4n) is 1.80. The fraction of sp³-hybridized carbons (Fsp3) is 0.176. The second kappa shape index (κ2) is 7.43. The Labute approximate surface area is 155 Å². The topological polar surface area (TPSA) is 58.2 Å². The van der Waals surface area contributed by atoms with E-state index >= 15 is 0 Å². The number of rotatable bonds is 4. The third-order valence-corrected chi connectivity index (χ3v) is 4.51. The summed E-state index contributed by atoms with van der Waals surface area (Å²) in [5.41, 5.74) is -0.432. The number of carbonyl (C=O) groups excluding carboxylic acids is 2. The van der Waals surface area contributed by atoms with Gasteiger partial charge in [0.25, 0.3) is 0 Å². The number of nitrogens with one attached hydrogen (secondary N) is 2. The van der Waals surface area contributed by atoms with E-state index in [1.165, 1.54) is 13.8 Å². The molecule has 2 aromatic carbocycles. The van der Waals surface area contributed by atoms with Crippen LogP contribution in [0.3, 0.4) is 0 Å². The SMILES string of the molecule is CC(C)(C(=O)Nc1ccc(Cl)cc1)C(=O)Nc1cccc(Cl)c1Cl. The lowest BCUT2D eigenvalue weighted by Crippen LogP contribution is -2.41. The predicted molar refractivity (Wildman–Crippen MR) is 99.0 cm³/mol. The first-order valence-electron chi connectivity index (χ1n) is 7.04. The number of benzene rings is 2. The summed E-state index contributed by atoms with van der Waals surface area (Å²) in [6.07, 6.45) is 0. The summed E-state index contributed by atoms with van der Waals surface area (Å²) in [5.74, 6) is -0.960. The van der Waals surface area contributed by atoms with Crippen molar-refractivity contribution in [3.05, 3.63) is 57.5 Å². The number of halogens is 3. The van der Waals surface area contributed by atoms with E-state index in [1.54, 1.807) is 42.5 Å². The van der Waals surface area contributed by atoms with Gasteiger partial charge in [-0.05, 0) is 50.2 Å². The molecule has 0 spiro atoms. The zero-order chi connectivity index (χ0) is 17.9. The third kappa shape index (κ3) is 4.20. The summed E-state index contributed by atoms with van der Waals surface area (Å²) >= 11 is 17.8. The van der Waals surface area contributed by atoms with E-state index in [1.807, 2.05) is 0 Å². The van der Waals surface area contributed by atoms with Crippen LogP contribution in [0.2, 0.25) is 15.1 Å². The first kappa shape index (κ1) is 18.6. The van der Waals surface area contributed by atoms with Gasteiger partial charge < -0.3 is 10.6 Å². The minimum Gasteiger partial charge on any atom is -0.325 e. The fourth-order valence-corrected chi connectivity index (χ4v) is 2.28. The molecule has 4 nitrogen and oxygen atoms in total. The molecule has 7 heteroatoms. The Hall–Kier alpha value is -1.75. The highest BCUT2D eigenvalue weighted by atomic mass is 35.5. The van der Waals surface area contributed by atoms with Crippen LogP contribution in [0.4, 0.5) is 11.4 Å². The van der Waals surface area contributed by atoms with Gasteiger partial charge in [0.1, 0.15) is 5.41 Å². The summed E-state index contributed by atoms with van der Waals surface area (Å²) in [4.78, 5) is 24.9. The van der Waals surface area contributed by atoms with Crippen LogP contribution >= 0.6 is 34.8 Å². The van der Waals surface area contributed by atoms with Gasteiger partial charge >= 0.3 is 0 Å². The quantitative estimate of drug-likeness (QED) is 0.706. The number of anilines is 2. The molecule has 0 saturated heterocycles. The van der Waals surface area contributed by atoms with Gasteiger partial charge in [-0.1, -0.05) is 40.9 Å². The monoisotopic (exact) mass is 384 g/mol. The van der Waals surface area contributed by atoms with Gasteiger partial charge in [-0.15, -0.1) is 0 Å². The minimum absolute atomic E-state index is 0.224. The second-order valence-corrected chi connectivity index (χ2v) is 6.86. The molecule has 126 valence electrons. The van der Waals surface area contributed by atoms with Crippen LogP contribution in [0.5, 0.6) is 0 Å². The molecule has 2 amide bonds. The van der Waals surface area contributed by atoms with Crippen LogP contribution in [-0.4, -0.2) is 11.8 Å². The Morgan fingerprint density at radius 1 is 0.875 bits per heavy atom. The van der Waals surface area contributed by atoms with Crippen molar-refractivity contribution in [2.75, 3.05) is 10.6 Å². The summed E-state index contributed by atoms with van der Waals surface area (Å²) in [6, 6.07) is 11.5. The molecule has 0 aliphatic rings. The molecule has 0 fully saturated rings. The minimum atomic E-state index is -1.33. The van der Waals surface area contributed by atoms with E-state index in [-0.39, 0.29) is 5.02 Å². The van der Waals surface area contributed by atoms with E-state index in [9.17, 15) is 9.59 Å². The van der Waals surface area contributed by atoms with Gasteiger partial charge in [-0.3, -0.25) is 9.59 Å². The standard InChI is InChI=1S/C17H15Cl3N2O2/c1-17(2,15(23)21-11-8-6-10(18)7-9-11)16(24)22-13-5-3-4-12(19)14(13)20/h3-9H,1-2H3,(H,21,23)(H,22,24). The third-order valence-electron chi connectivity index (χ3n) is 3.44. The van der Waals surface area contributed by atoms with Crippen LogP contribution in [0.15, 0.2) is 42.5 Å². The van der Waals surface area contributed by atoms with Gasteiger partial charge in [-0.25, -0.2) is 0 Å². The van der Waals surface area contributed by atoms with Crippen molar-refractivity contribution in [3.8, 4) is 0 Å². The molecule has 0 aliphatic heterocycles. The van der Waals surface area contributed by atoms with Crippen LogP contribution in [-0.2, 0) is 9.59 Å². The number of hydrogen-bond donors (Lipinski definition) is 2. The Morgan fingerprint density at radius 2 is 1.46 bits per heavy atom. The van der Waals surface area contributed by atoms with E-state index < -0.39 is 17.2 Å². The molecule has 0 atom stereocenters. The van der Waals surface area contributed by atoms with Gasteiger partial charge in [0.15, 0.2) is 0 Å². The Bertz CT molecular complexity index is 774. The van der Waals surface area contributed by atoms with Crippen LogP contribution in [0.25, 0.3) is 0 Å². The summed E-state index contributed by atoms with van der Waals surface area (Å²) in [6.45, 7) is 3.04. The molecule has 0 heterocycles. The maximum absolute atomic E-state index is 12.5. The van der Waals surface area contributed by atoms with Gasteiger partial charge in [0.05, 0.1) is 15.7 Å². The maximum Gasteiger partial charge on any atom is 0.239 e. The molecule has 0 aliphatic carbocycles. The maximum atomic E-state index is 12.5. The smallest absolute Gasteiger partial charge is 0.239 e. The lowest BCUT2D eigenvalue weighted by molar-refractivity contribution is -0.135. The lowest BCUT2D eigenvalue weighted by Gasteiger charge is -2.23. The van der Waals surface area contributed by atoms with E-state index in [0.29, 0.717) is 21.4 Å². The average Bonchev–Trinajstić information content (AvgIpc) is 2.53. The van der Waals surface area contributed by atoms with E-state index in [0.717, 1.165) is 0 Å². The van der Waals surface area contributed by atoms with Gasteiger partial charge in [0.2, 0.25) is 11.8 Å². The zero-order valence-electron chi connectivity index (χ0n) is 13.0. The van der Waals surface area contributed by atoms with Crippen molar-refractivity contribution >= 4 is 58.0 Å². The highest BCUT2D eigenvalue weighted by Gasteiger charge is 2.36. The van der Waals surface area contributed by atoms with Crippen molar-refractivity contribution in [3.63, 3.8) is 0 Å². The van der Waals surface area contributed by atoms with Crippen LogP contribution < -0.4 is 10.6 Å². The van der Waals surface area contributed by atoms with Gasteiger partial charge in [-0.2, -0.15) is 0 Å². The molecule has 0 radical (unpaired) electrons. The molecule has 0 saturated carbocycles. The van der Waals surface area contributed by atoms with Crippen molar-refractivity contribution in [2.24, 2.45) is 5.41 Å². The highest BCUT2D eigenvalue weighted by molar-refractivity contribution is 6.44. The zero-order valence-corrected chi connectivity index (χ0v) is 15.3. The molecular formula is C17H15Cl3N2O2. The molecule has 0 aromatic heterocycles. The first-order chi connectivity index (χ1) is 11.2. The largest absolute Gasteiger partial charge is 0.325 e. The van der Waals surface area contributed by atoms with Crippen molar-refractivity contribution in [2.45, 2.75) is 13.8 Å². The normalized spacial score (nSPS) is 11.0. The summed E-state index contributed by atoms with van der Waals surface area (Å²) in [5, 5.41) is 6.41. The predicted octanol–water partition coefficient (Wildman–Crippen LogP) is 5.25. The molecule has 2 rings (SSSR count). The molecule has 2 aromatic rings. The molecule has 24 heavy (non-hydrogen) atoms. The second-order valence-electron chi connectivity index (χ2n) is 5.64.